The number of aliphatic carboxylic acids is 4. The van der Waals surface area contributed by atoms with Gasteiger partial charge in [-0.25, -0.2) is 9.59 Å². The number of carboxylic acid groups (broad SMARTS) is 4. The maximum atomic E-state index is 12.0. The molecule has 1 aliphatic rings. The molecule has 6 N–H and O–H groups in total. The largest absolute Gasteiger partial charge is 0.480 e. The average molecular weight is 554 g/mol. The van der Waals surface area contributed by atoms with Crippen molar-refractivity contribution in [2.45, 2.75) is 18.9 Å². The van der Waals surface area contributed by atoms with E-state index in [0.29, 0.717) is 32.7 Å². The first-order valence-corrected chi connectivity index (χ1v) is 13.1. The summed E-state index contributed by atoms with van der Waals surface area (Å²) in [6.07, 6.45) is 0. The van der Waals surface area contributed by atoms with Crippen LogP contribution in [0.1, 0.15) is 18.4 Å². The highest BCUT2D eigenvalue weighted by molar-refractivity contribution is 5.70. The monoisotopic (exact) mass is 553 g/mol. The molecule has 0 spiro atoms. The van der Waals surface area contributed by atoms with Crippen LogP contribution in [0.4, 0.5) is 5.69 Å². The lowest BCUT2D eigenvalue weighted by atomic mass is 9.90. The fourth-order valence-electron chi connectivity index (χ4n) is 5.31. The van der Waals surface area contributed by atoms with Crippen LogP contribution < -0.4 is 10.2 Å². The number of benzene rings is 1. The van der Waals surface area contributed by atoms with Gasteiger partial charge in [0.25, 0.3) is 0 Å². The average Bonchev–Trinajstić information content (AvgIpc) is 2.84. The van der Waals surface area contributed by atoms with Crippen molar-refractivity contribution in [1.82, 2.24) is 9.80 Å². The Balaban J connectivity index is 2.54. The van der Waals surface area contributed by atoms with Crippen LogP contribution in [0.2, 0.25) is 0 Å². The maximum Gasteiger partial charge on any atom is 0.359 e. The lowest BCUT2D eigenvalue weighted by Crippen LogP contribution is -3.14. The van der Waals surface area contributed by atoms with Crippen LogP contribution >= 0.6 is 0 Å². The Morgan fingerprint density at radius 2 is 1.59 bits per heavy atom. The van der Waals surface area contributed by atoms with Gasteiger partial charge in [-0.2, -0.15) is 0 Å². The van der Waals surface area contributed by atoms with E-state index in [1.165, 1.54) is 0 Å². The second-order valence-electron chi connectivity index (χ2n) is 10.7. The number of anilines is 1. The summed E-state index contributed by atoms with van der Waals surface area (Å²) in [7, 11) is 3.63. The van der Waals surface area contributed by atoms with E-state index in [4.69, 9.17) is 0 Å². The minimum absolute atomic E-state index is 0.0943. The molecule has 1 heterocycles. The van der Waals surface area contributed by atoms with Crippen LogP contribution in [-0.2, 0) is 19.2 Å². The standard InChI is InChI=1S/C26H41N5O8/c1-19(20-4-6-21(27-2)7-5-20)22-17-31(3,18-26(38)39)13-12-29(15-24(34)35)9-8-28(14-23(32)33)10-11-30(22)16-25(36)37/h4-7,19,22,27H,8-18H2,1-3H3,(H3-,32,33,34,35,36,37,38,39)/p+2. The predicted molar refractivity (Wildman–Crippen MR) is 143 cm³/mol. The van der Waals surface area contributed by atoms with Crippen molar-refractivity contribution in [3.05, 3.63) is 29.8 Å². The lowest BCUT2D eigenvalue weighted by molar-refractivity contribution is -0.955. The molecule has 1 fully saturated rings. The molecule has 0 amide bonds. The molecular formula is C26H43N5O8+2. The molecule has 2 rings (SSSR count). The van der Waals surface area contributed by atoms with Gasteiger partial charge in [0.2, 0.25) is 0 Å². The summed E-state index contributed by atoms with van der Waals surface area (Å²) in [6.45, 7) is 3.32. The molecule has 218 valence electrons. The Bertz CT molecular complexity index is 991. The van der Waals surface area contributed by atoms with E-state index in [1.807, 2.05) is 50.2 Å². The first kappa shape index (κ1) is 32.0. The summed E-state index contributed by atoms with van der Waals surface area (Å²) in [6, 6.07) is 7.39. The highest BCUT2D eigenvalue weighted by atomic mass is 16.4. The lowest BCUT2D eigenvalue weighted by Gasteiger charge is -2.43. The van der Waals surface area contributed by atoms with Crippen molar-refractivity contribution < 1.29 is 49.0 Å². The minimum Gasteiger partial charge on any atom is -0.480 e. The molecule has 0 bridgehead atoms. The van der Waals surface area contributed by atoms with Crippen LogP contribution in [0.3, 0.4) is 0 Å². The highest BCUT2D eigenvalue weighted by Gasteiger charge is 2.38. The number of rotatable bonds is 11. The number of quaternary nitrogens is 2. The SMILES string of the molecule is CNc1ccc(C(C)C2C[N+](C)(CC(=O)O)CC[NH+](CC(=O)O)CCN(CC(=O)O)CCN2CC(=O)O)cc1. The Morgan fingerprint density at radius 1 is 0.949 bits per heavy atom. The van der Waals surface area contributed by atoms with Crippen LogP contribution in [0.15, 0.2) is 24.3 Å². The van der Waals surface area contributed by atoms with E-state index in [9.17, 15) is 39.6 Å². The third kappa shape index (κ3) is 10.8. The van der Waals surface area contributed by atoms with Gasteiger partial charge < -0.3 is 35.1 Å². The molecule has 1 aliphatic heterocycles. The molecule has 1 saturated heterocycles. The molecule has 4 atom stereocenters. The Kier molecular flexibility index (Phi) is 12.1. The maximum absolute atomic E-state index is 12.0. The summed E-state index contributed by atoms with van der Waals surface area (Å²) in [5.41, 5.74) is 1.88. The van der Waals surface area contributed by atoms with Gasteiger partial charge in [-0.05, 0) is 17.7 Å². The molecule has 1 aromatic carbocycles. The van der Waals surface area contributed by atoms with E-state index < -0.39 is 23.9 Å². The molecule has 0 aliphatic carbocycles. The third-order valence-electron chi connectivity index (χ3n) is 7.50. The van der Waals surface area contributed by atoms with Crippen molar-refractivity contribution in [1.29, 1.82) is 0 Å². The van der Waals surface area contributed by atoms with Gasteiger partial charge in [0.05, 0.1) is 39.3 Å². The van der Waals surface area contributed by atoms with Crippen LogP contribution in [0.25, 0.3) is 0 Å². The number of hydrogen-bond acceptors (Lipinski definition) is 7. The molecule has 13 heteroatoms. The van der Waals surface area contributed by atoms with Crippen molar-refractivity contribution in [2.24, 2.45) is 0 Å². The topological polar surface area (TPSA) is 172 Å². The second-order valence-corrected chi connectivity index (χ2v) is 10.7. The molecule has 39 heavy (non-hydrogen) atoms. The second kappa shape index (κ2) is 14.8. The first-order valence-electron chi connectivity index (χ1n) is 13.1. The van der Waals surface area contributed by atoms with E-state index in [-0.39, 0.29) is 55.7 Å². The minimum atomic E-state index is -1.03. The number of carbonyl (C=O) groups is 4. The summed E-state index contributed by atoms with van der Waals surface area (Å²) in [4.78, 5) is 51.2. The van der Waals surface area contributed by atoms with Gasteiger partial charge in [0.1, 0.15) is 13.1 Å². The zero-order valence-electron chi connectivity index (χ0n) is 23.0. The smallest absolute Gasteiger partial charge is 0.359 e. The van der Waals surface area contributed by atoms with Gasteiger partial charge in [-0.15, -0.1) is 0 Å². The molecular weight excluding hydrogens is 510 g/mol. The fraction of sp³-hybridized carbons (Fsp3) is 0.615. The van der Waals surface area contributed by atoms with Crippen molar-refractivity contribution in [3.63, 3.8) is 0 Å². The quantitative estimate of drug-likeness (QED) is 0.176. The number of carboxylic acids is 4. The van der Waals surface area contributed by atoms with Crippen LogP contribution in [0.5, 0.6) is 0 Å². The van der Waals surface area contributed by atoms with Crippen LogP contribution in [0, 0.1) is 0 Å². The van der Waals surface area contributed by atoms with Crippen molar-refractivity contribution >= 4 is 29.6 Å². The van der Waals surface area contributed by atoms with E-state index in [0.717, 1.165) is 16.2 Å². The first-order chi connectivity index (χ1) is 18.3. The van der Waals surface area contributed by atoms with Gasteiger partial charge in [0.15, 0.2) is 13.1 Å². The predicted octanol–water partition coefficient (Wildman–Crippen LogP) is -1.51. The number of nitrogens with zero attached hydrogens (tertiary/aromatic N) is 3. The summed E-state index contributed by atoms with van der Waals surface area (Å²) in [5, 5.41) is 41.5. The molecule has 0 saturated carbocycles. The molecule has 0 aromatic heterocycles. The number of hydrogen-bond donors (Lipinski definition) is 6. The summed E-state index contributed by atoms with van der Waals surface area (Å²) < 4.78 is 0.0943. The summed E-state index contributed by atoms with van der Waals surface area (Å²) in [5.74, 6) is -4.21. The van der Waals surface area contributed by atoms with Crippen molar-refractivity contribution in [2.75, 3.05) is 91.4 Å². The van der Waals surface area contributed by atoms with E-state index >= 15 is 0 Å². The zero-order valence-corrected chi connectivity index (χ0v) is 23.0. The van der Waals surface area contributed by atoms with Crippen LogP contribution in [-0.4, -0.2) is 151 Å². The van der Waals surface area contributed by atoms with Crippen molar-refractivity contribution in [3.8, 4) is 0 Å². The Morgan fingerprint density at radius 3 is 2.13 bits per heavy atom. The molecule has 13 nitrogen and oxygen atoms in total. The number of nitrogens with one attached hydrogen (secondary N) is 2. The summed E-state index contributed by atoms with van der Waals surface area (Å²) >= 11 is 0. The van der Waals surface area contributed by atoms with Gasteiger partial charge in [0, 0.05) is 38.3 Å². The number of likely N-dealkylation sites (N-methyl/N-ethyl adjacent to an activating group) is 1. The third-order valence-corrected chi connectivity index (χ3v) is 7.50. The Labute approximate surface area is 228 Å². The van der Waals surface area contributed by atoms with Gasteiger partial charge in [-0.1, -0.05) is 19.1 Å². The molecule has 4 unspecified atom stereocenters. The fourth-order valence-corrected chi connectivity index (χ4v) is 5.31. The molecule has 1 aromatic rings. The zero-order chi connectivity index (χ0) is 29.2. The molecule has 0 radical (unpaired) electrons. The van der Waals surface area contributed by atoms with Gasteiger partial charge in [-0.3, -0.25) is 19.4 Å². The highest BCUT2D eigenvalue weighted by Crippen LogP contribution is 2.27. The Hall–Kier alpha value is -3.26. The normalized spacial score (nSPS) is 24.6. The van der Waals surface area contributed by atoms with E-state index in [1.54, 1.807) is 4.90 Å². The van der Waals surface area contributed by atoms with E-state index in [2.05, 4.69) is 5.32 Å². The van der Waals surface area contributed by atoms with Gasteiger partial charge >= 0.3 is 23.9 Å².